The van der Waals surface area contributed by atoms with E-state index in [0.29, 0.717) is 11.1 Å². The molecule has 3 heteroatoms. The normalized spacial score (nSPS) is 9.50. The molecule has 0 saturated heterocycles. The molecule has 0 N–H and O–H groups in total. The molecule has 1 aromatic carbocycles. The summed E-state index contributed by atoms with van der Waals surface area (Å²) >= 11 is 5.48. The van der Waals surface area contributed by atoms with E-state index in [4.69, 9.17) is 16.9 Å². The first-order chi connectivity index (χ1) is 6.69. The van der Waals surface area contributed by atoms with Crippen molar-refractivity contribution in [3.8, 4) is 6.07 Å². The minimum atomic E-state index is -0.0692. The maximum absolute atomic E-state index is 11.5. The van der Waals surface area contributed by atoms with Crippen molar-refractivity contribution >= 4 is 17.4 Å². The quantitative estimate of drug-likeness (QED) is 0.565. The lowest BCUT2D eigenvalue weighted by atomic mass is 10.0. The van der Waals surface area contributed by atoms with Crippen molar-refractivity contribution < 1.29 is 4.79 Å². The third-order valence-electron chi connectivity index (χ3n) is 1.92. The highest BCUT2D eigenvalue weighted by Crippen LogP contribution is 2.13. The summed E-state index contributed by atoms with van der Waals surface area (Å²) in [7, 11) is 0. The van der Waals surface area contributed by atoms with E-state index < -0.39 is 0 Å². The number of nitrogens with zero attached hydrogens (tertiary/aromatic N) is 1. The Hall–Kier alpha value is -1.33. The minimum absolute atomic E-state index is 0.0692. The summed E-state index contributed by atoms with van der Waals surface area (Å²) in [4.78, 5) is 11.5. The molecule has 0 spiro atoms. The van der Waals surface area contributed by atoms with Crippen LogP contribution < -0.4 is 0 Å². The monoisotopic (exact) mass is 207 g/mol. The minimum Gasteiger partial charge on any atom is -0.294 e. The average molecular weight is 208 g/mol. The van der Waals surface area contributed by atoms with Gasteiger partial charge in [-0.3, -0.25) is 4.79 Å². The number of halogens is 1. The van der Waals surface area contributed by atoms with E-state index >= 15 is 0 Å². The zero-order valence-corrected chi connectivity index (χ0v) is 8.64. The van der Waals surface area contributed by atoms with E-state index in [9.17, 15) is 4.79 Å². The zero-order chi connectivity index (χ0) is 10.6. The summed E-state index contributed by atoms with van der Waals surface area (Å²) in [5.41, 5.74) is 1.88. The largest absolute Gasteiger partial charge is 0.294 e. The molecule has 1 aromatic rings. The first-order valence-corrected chi connectivity index (χ1v) is 4.82. The number of hydrogen-bond acceptors (Lipinski definition) is 2. The molecule has 0 fully saturated rings. The number of rotatable bonds is 3. The van der Waals surface area contributed by atoms with Gasteiger partial charge in [0.05, 0.1) is 11.6 Å². The Balaban J connectivity index is 3.12. The number of carbonyl (C=O) groups is 1. The Morgan fingerprint density at radius 3 is 2.86 bits per heavy atom. The molecule has 2 nitrogen and oxygen atoms in total. The Bertz CT molecular complexity index is 393. The van der Waals surface area contributed by atoms with Crippen molar-refractivity contribution in [2.24, 2.45) is 0 Å². The van der Waals surface area contributed by atoms with E-state index in [2.05, 4.69) is 0 Å². The molecule has 0 saturated carbocycles. The molecule has 0 heterocycles. The fourth-order valence-electron chi connectivity index (χ4n) is 1.21. The number of Topliss-reactive ketones (excluding diaryl/α,β-unsaturated/α-hetero) is 1. The van der Waals surface area contributed by atoms with Crippen molar-refractivity contribution in [2.45, 2.75) is 13.3 Å². The lowest BCUT2D eigenvalue weighted by Gasteiger charge is -2.02. The van der Waals surface area contributed by atoms with Crippen molar-refractivity contribution in [3.63, 3.8) is 0 Å². The predicted octanol–water partition coefficient (Wildman–Crippen LogP) is 2.68. The number of nitriles is 1. The van der Waals surface area contributed by atoms with Crippen molar-refractivity contribution in [1.82, 2.24) is 0 Å². The third kappa shape index (κ3) is 2.34. The van der Waals surface area contributed by atoms with Gasteiger partial charge in [-0.15, -0.1) is 11.6 Å². The van der Waals surface area contributed by atoms with Crippen LogP contribution in [0.1, 0.15) is 27.9 Å². The van der Waals surface area contributed by atoms with Crippen LogP contribution in [0.15, 0.2) is 18.2 Å². The molecule has 14 heavy (non-hydrogen) atoms. The van der Waals surface area contributed by atoms with Gasteiger partial charge in [0, 0.05) is 17.9 Å². The van der Waals surface area contributed by atoms with Crippen LogP contribution in [0.3, 0.4) is 0 Å². The van der Waals surface area contributed by atoms with Gasteiger partial charge in [0.15, 0.2) is 5.78 Å². The van der Waals surface area contributed by atoms with Crippen LogP contribution in [0.5, 0.6) is 0 Å². The zero-order valence-electron chi connectivity index (χ0n) is 7.88. The van der Waals surface area contributed by atoms with Gasteiger partial charge in [-0.25, -0.2) is 0 Å². The molecule has 72 valence electrons. The van der Waals surface area contributed by atoms with Gasteiger partial charge in [-0.2, -0.15) is 5.26 Å². The number of hydrogen-bond donors (Lipinski definition) is 0. The summed E-state index contributed by atoms with van der Waals surface area (Å²) in [6.07, 6.45) is 0.277. The van der Waals surface area contributed by atoms with E-state index in [-0.39, 0.29) is 18.1 Å². The smallest absolute Gasteiger partial charge is 0.165 e. The van der Waals surface area contributed by atoms with E-state index in [1.54, 1.807) is 12.1 Å². The molecule has 0 aliphatic carbocycles. The van der Waals surface area contributed by atoms with Gasteiger partial charge < -0.3 is 0 Å². The van der Waals surface area contributed by atoms with Crippen LogP contribution >= 0.6 is 11.6 Å². The Morgan fingerprint density at radius 1 is 1.57 bits per heavy atom. The fraction of sp³-hybridized carbons (Fsp3) is 0.273. The van der Waals surface area contributed by atoms with Crippen LogP contribution in [0.25, 0.3) is 0 Å². The topological polar surface area (TPSA) is 40.9 Å². The second-order valence-corrected chi connectivity index (χ2v) is 3.40. The number of carbonyl (C=O) groups excluding carboxylic acids is 1. The highest BCUT2D eigenvalue weighted by molar-refractivity contribution is 6.19. The maximum atomic E-state index is 11.5. The summed E-state index contributed by atoms with van der Waals surface area (Å²) in [6, 6.07) is 7.21. The van der Waals surface area contributed by atoms with Gasteiger partial charge in [0.1, 0.15) is 0 Å². The first-order valence-electron chi connectivity index (χ1n) is 4.29. The molecule has 0 aromatic heterocycles. The van der Waals surface area contributed by atoms with Gasteiger partial charge in [0.25, 0.3) is 0 Å². The molecule has 0 amide bonds. The van der Waals surface area contributed by atoms with E-state index in [1.807, 2.05) is 19.1 Å². The predicted molar refractivity (Wildman–Crippen MR) is 55.6 cm³/mol. The number of alkyl halides is 1. The van der Waals surface area contributed by atoms with Gasteiger partial charge >= 0.3 is 0 Å². The average Bonchev–Trinajstić information content (AvgIpc) is 2.18. The Morgan fingerprint density at radius 2 is 2.29 bits per heavy atom. The second-order valence-electron chi connectivity index (χ2n) is 3.02. The highest BCUT2D eigenvalue weighted by atomic mass is 35.5. The summed E-state index contributed by atoms with van der Waals surface area (Å²) in [5.74, 6) is 0.220. The molecule has 1 rings (SSSR count). The van der Waals surface area contributed by atoms with Crippen LogP contribution in [-0.2, 0) is 0 Å². The number of ketones is 1. The molecule has 0 atom stereocenters. The summed E-state index contributed by atoms with van der Waals surface area (Å²) in [5, 5.41) is 8.79. The molecular formula is C11H10ClNO. The molecule has 0 radical (unpaired) electrons. The second kappa shape index (κ2) is 4.78. The Labute approximate surface area is 88.1 Å². The van der Waals surface area contributed by atoms with Crippen LogP contribution in [-0.4, -0.2) is 11.7 Å². The maximum Gasteiger partial charge on any atom is 0.165 e. The molecule has 0 aliphatic rings. The Kier molecular flexibility index (Phi) is 3.67. The van der Waals surface area contributed by atoms with Crippen LogP contribution in [0, 0.1) is 18.3 Å². The highest BCUT2D eigenvalue weighted by Gasteiger charge is 2.10. The lowest BCUT2D eigenvalue weighted by molar-refractivity contribution is 0.0989. The van der Waals surface area contributed by atoms with Gasteiger partial charge in [0.2, 0.25) is 0 Å². The molecule has 0 unspecified atom stereocenters. The summed E-state index contributed by atoms with van der Waals surface area (Å²) < 4.78 is 0. The van der Waals surface area contributed by atoms with Crippen LogP contribution in [0.2, 0.25) is 0 Å². The number of benzene rings is 1. The fourth-order valence-corrected chi connectivity index (χ4v) is 1.38. The molecular weight excluding hydrogens is 198 g/mol. The van der Waals surface area contributed by atoms with Gasteiger partial charge in [-0.1, -0.05) is 11.6 Å². The van der Waals surface area contributed by atoms with E-state index in [1.165, 1.54) is 0 Å². The van der Waals surface area contributed by atoms with E-state index in [0.717, 1.165) is 5.56 Å². The molecule has 0 aliphatic heterocycles. The molecule has 0 bridgehead atoms. The lowest BCUT2D eigenvalue weighted by Crippen LogP contribution is -2.03. The van der Waals surface area contributed by atoms with Crippen molar-refractivity contribution in [1.29, 1.82) is 5.26 Å². The van der Waals surface area contributed by atoms with Crippen LogP contribution in [0.4, 0.5) is 0 Å². The SMILES string of the molecule is Cc1ccc(C#N)c(C(=O)CCCl)c1. The third-order valence-corrected chi connectivity index (χ3v) is 2.11. The standard InChI is InChI=1S/C11H10ClNO/c1-8-2-3-9(7-13)10(6-8)11(14)4-5-12/h2-3,6H,4-5H2,1H3. The number of aryl methyl sites for hydroxylation is 1. The summed E-state index contributed by atoms with van der Waals surface area (Å²) in [6.45, 7) is 1.89. The van der Waals surface area contributed by atoms with Crippen molar-refractivity contribution in [3.05, 3.63) is 34.9 Å². The first kappa shape index (κ1) is 10.7. The van der Waals surface area contributed by atoms with Crippen molar-refractivity contribution in [2.75, 3.05) is 5.88 Å². The van der Waals surface area contributed by atoms with Gasteiger partial charge in [-0.05, 0) is 19.1 Å².